The Morgan fingerprint density at radius 3 is 2.86 bits per heavy atom. The molecular formula is C21H23N3O5. The van der Waals surface area contributed by atoms with E-state index < -0.39 is 11.8 Å². The highest BCUT2D eigenvalue weighted by Crippen LogP contribution is 2.32. The van der Waals surface area contributed by atoms with Gasteiger partial charge in [-0.05, 0) is 39.0 Å². The molecule has 2 aliphatic heterocycles. The first-order valence-corrected chi connectivity index (χ1v) is 9.66. The van der Waals surface area contributed by atoms with Crippen LogP contribution in [0, 0.1) is 0 Å². The fraction of sp³-hybridized carbons (Fsp3) is 0.381. The standard InChI is InChI=1S/C21H23N3O5/c1-4-27-21(26)17-18(25)16(8-14-9-23-19-15(14)6-5-7-22-19)29-20(17)24-10-12(2)28-13(3)11-24/h5-9,12-13H,4,10-11H2,1-3H3,(H,22,23)/b16-8-. The molecule has 0 bridgehead atoms. The number of nitrogens with one attached hydrogen (secondary N) is 1. The van der Waals surface area contributed by atoms with E-state index in [-0.39, 0.29) is 36.0 Å². The maximum atomic E-state index is 13.1. The highest BCUT2D eigenvalue weighted by molar-refractivity contribution is 6.26. The number of fused-ring (bicyclic) bond motifs is 1. The number of morpholine rings is 1. The number of pyridine rings is 1. The van der Waals surface area contributed by atoms with Gasteiger partial charge in [0.1, 0.15) is 5.65 Å². The summed E-state index contributed by atoms with van der Waals surface area (Å²) >= 11 is 0. The number of aromatic amines is 1. The minimum atomic E-state index is -0.678. The Balaban J connectivity index is 1.71. The predicted octanol–water partition coefficient (Wildman–Crippen LogP) is 2.39. The van der Waals surface area contributed by atoms with Gasteiger partial charge in [0.2, 0.25) is 11.7 Å². The van der Waals surface area contributed by atoms with Crippen molar-refractivity contribution in [2.45, 2.75) is 33.0 Å². The van der Waals surface area contributed by atoms with Gasteiger partial charge in [0.05, 0.1) is 18.8 Å². The van der Waals surface area contributed by atoms with Crippen LogP contribution in [0.2, 0.25) is 0 Å². The Bertz CT molecular complexity index is 1010. The lowest BCUT2D eigenvalue weighted by Gasteiger charge is -2.36. The first-order valence-electron chi connectivity index (χ1n) is 9.66. The van der Waals surface area contributed by atoms with Crippen molar-refractivity contribution in [1.82, 2.24) is 14.9 Å². The maximum absolute atomic E-state index is 13.1. The molecule has 152 valence electrons. The van der Waals surface area contributed by atoms with Gasteiger partial charge in [0, 0.05) is 36.4 Å². The summed E-state index contributed by atoms with van der Waals surface area (Å²) in [6.07, 6.45) is 4.96. The summed E-state index contributed by atoms with van der Waals surface area (Å²) in [5.41, 5.74) is 1.39. The highest BCUT2D eigenvalue weighted by atomic mass is 16.5. The molecule has 29 heavy (non-hydrogen) atoms. The van der Waals surface area contributed by atoms with Crippen molar-refractivity contribution in [1.29, 1.82) is 0 Å². The van der Waals surface area contributed by atoms with Crippen LogP contribution in [0.5, 0.6) is 0 Å². The van der Waals surface area contributed by atoms with Crippen LogP contribution in [0.4, 0.5) is 0 Å². The molecule has 1 N–H and O–H groups in total. The molecule has 4 heterocycles. The quantitative estimate of drug-likeness (QED) is 0.481. The third kappa shape index (κ3) is 3.63. The van der Waals surface area contributed by atoms with Crippen molar-refractivity contribution in [2.24, 2.45) is 0 Å². The zero-order valence-corrected chi connectivity index (χ0v) is 16.6. The molecular weight excluding hydrogens is 374 g/mol. The minimum Gasteiger partial charge on any atom is -0.462 e. The molecule has 0 saturated carbocycles. The Morgan fingerprint density at radius 1 is 1.38 bits per heavy atom. The van der Waals surface area contributed by atoms with Crippen LogP contribution in [0.1, 0.15) is 26.3 Å². The summed E-state index contributed by atoms with van der Waals surface area (Å²) in [6, 6.07) is 3.72. The van der Waals surface area contributed by atoms with Gasteiger partial charge in [-0.15, -0.1) is 0 Å². The van der Waals surface area contributed by atoms with Crippen LogP contribution in [0.25, 0.3) is 17.1 Å². The molecule has 2 unspecified atom stereocenters. The van der Waals surface area contributed by atoms with Crippen LogP contribution >= 0.6 is 0 Å². The zero-order valence-electron chi connectivity index (χ0n) is 16.6. The van der Waals surface area contributed by atoms with Crippen molar-refractivity contribution in [3.63, 3.8) is 0 Å². The van der Waals surface area contributed by atoms with E-state index in [1.54, 1.807) is 25.4 Å². The van der Waals surface area contributed by atoms with Crippen LogP contribution in [-0.4, -0.2) is 58.5 Å². The Kier molecular flexibility index (Phi) is 5.10. The fourth-order valence-electron chi connectivity index (χ4n) is 3.70. The lowest BCUT2D eigenvalue weighted by Crippen LogP contribution is -2.45. The van der Waals surface area contributed by atoms with Gasteiger partial charge in [-0.3, -0.25) is 4.79 Å². The lowest BCUT2D eigenvalue weighted by molar-refractivity contribution is -0.139. The second-order valence-corrected chi connectivity index (χ2v) is 7.15. The number of carbonyl (C=O) groups is 2. The number of esters is 1. The molecule has 8 nitrogen and oxygen atoms in total. The van der Waals surface area contributed by atoms with Gasteiger partial charge in [-0.2, -0.15) is 0 Å². The summed E-state index contributed by atoms with van der Waals surface area (Å²) in [6.45, 7) is 6.79. The summed E-state index contributed by atoms with van der Waals surface area (Å²) in [5, 5.41) is 0.858. The van der Waals surface area contributed by atoms with Crippen LogP contribution in [0.3, 0.4) is 0 Å². The Hall–Kier alpha value is -3.13. The Morgan fingerprint density at radius 2 is 2.14 bits per heavy atom. The van der Waals surface area contributed by atoms with Crippen molar-refractivity contribution in [3.8, 4) is 0 Å². The van der Waals surface area contributed by atoms with E-state index in [0.717, 1.165) is 10.9 Å². The van der Waals surface area contributed by atoms with Gasteiger partial charge in [-0.25, -0.2) is 9.78 Å². The zero-order chi connectivity index (χ0) is 20.5. The van der Waals surface area contributed by atoms with Crippen molar-refractivity contribution in [3.05, 3.63) is 47.3 Å². The molecule has 0 aliphatic carbocycles. The third-order valence-corrected chi connectivity index (χ3v) is 4.83. The van der Waals surface area contributed by atoms with Gasteiger partial charge in [0.25, 0.3) is 0 Å². The minimum absolute atomic E-state index is 0.0545. The van der Waals surface area contributed by atoms with Crippen molar-refractivity contribution < 1.29 is 23.8 Å². The first-order chi connectivity index (χ1) is 14.0. The number of aromatic nitrogens is 2. The largest absolute Gasteiger partial charge is 0.462 e. The van der Waals surface area contributed by atoms with Gasteiger partial charge < -0.3 is 24.1 Å². The summed E-state index contributed by atoms with van der Waals surface area (Å²) in [5.74, 6) is -0.842. The number of H-pyrrole nitrogens is 1. The van der Waals surface area contributed by atoms with E-state index in [0.29, 0.717) is 18.7 Å². The molecule has 0 aromatic carbocycles. The molecule has 0 amide bonds. The predicted molar refractivity (Wildman–Crippen MR) is 105 cm³/mol. The summed E-state index contributed by atoms with van der Waals surface area (Å²) in [7, 11) is 0. The smallest absolute Gasteiger partial charge is 0.347 e. The first kappa shape index (κ1) is 19.2. The van der Waals surface area contributed by atoms with E-state index in [1.165, 1.54) is 0 Å². The van der Waals surface area contributed by atoms with Crippen LogP contribution in [0.15, 0.2) is 41.7 Å². The molecule has 8 heteroatoms. The summed E-state index contributed by atoms with van der Waals surface area (Å²) in [4.78, 5) is 34.8. The van der Waals surface area contributed by atoms with E-state index in [9.17, 15) is 9.59 Å². The highest BCUT2D eigenvalue weighted by Gasteiger charge is 2.41. The van der Waals surface area contributed by atoms with Gasteiger partial charge in [0.15, 0.2) is 11.3 Å². The average molecular weight is 397 g/mol. The third-order valence-electron chi connectivity index (χ3n) is 4.83. The lowest BCUT2D eigenvalue weighted by atomic mass is 10.1. The normalized spacial score (nSPS) is 23.8. The number of rotatable bonds is 4. The number of carbonyl (C=O) groups excluding carboxylic acids is 2. The molecule has 1 saturated heterocycles. The van der Waals surface area contributed by atoms with E-state index >= 15 is 0 Å². The number of ether oxygens (including phenoxy) is 3. The molecule has 4 rings (SSSR count). The molecule has 2 aromatic rings. The number of nitrogens with zero attached hydrogens (tertiary/aromatic N) is 2. The number of allylic oxidation sites excluding steroid dienone is 1. The number of hydrogen-bond donors (Lipinski definition) is 1. The molecule has 1 fully saturated rings. The van der Waals surface area contributed by atoms with Gasteiger partial charge in [-0.1, -0.05) is 0 Å². The van der Waals surface area contributed by atoms with E-state index in [2.05, 4.69) is 9.97 Å². The molecule has 2 atom stereocenters. The topological polar surface area (TPSA) is 93.8 Å². The van der Waals surface area contributed by atoms with Crippen LogP contribution < -0.4 is 0 Å². The number of ketones is 1. The van der Waals surface area contributed by atoms with Crippen molar-refractivity contribution in [2.75, 3.05) is 19.7 Å². The monoisotopic (exact) mass is 397 g/mol. The molecule has 0 spiro atoms. The second kappa shape index (κ2) is 7.71. The van der Waals surface area contributed by atoms with E-state index in [4.69, 9.17) is 14.2 Å². The SMILES string of the molecule is CCOC(=O)C1=C(N2CC(C)OC(C)C2)O/C(=C\c2c[nH]c3ncccc23)C1=O. The molecule has 2 aromatic heterocycles. The maximum Gasteiger partial charge on any atom is 0.347 e. The number of hydrogen-bond acceptors (Lipinski definition) is 7. The molecule has 0 radical (unpaired) electrons. The average Bonchev–Trinajstić information content (AvgIpc) is 3.23. The van der Waals surface area contributed by atoms with Gasteiger partial charge >= 0.3 is 5.97 Å². The summed E-state index contributed by atoms with van der Waals surface area (Å²) < 4.78 is 16.8. The van der Waals surface area contributed by atoms with Crippen LogP contribution in [-0.2, 0) is 23.8 Å². The van der Waals surface area contributed by atoms with Crippen molar-refractivity contribution >= 4 is 28.9 Å². The Labute approximate surface area is 168 Å². The molecule has 2 aliphatic rings. The van der Waals surface area contributed by atoms with E-state index in [1.807, 2.05) is 30.9 Å². The number of Topliss-reactive ketones (excluding diaryl/α,β-unsaturated/α-hetero) is 1. The fourth-order valence-corrected chi connectivity index (χ4v) is 3.70. The second-order valence-electron chi connectivity index (χ2n) is 7.15.